The summed E-state index contributed by atoms with van der Waals surface area (Å²) in [5.41, 5.74) is 2.37. The summed E-state index contributed by atoms with van der Waals surface area (Å²) < 4.78 is 0. The predicted molar refractivity (Wildman–Crippen MR) is 105 cm³/mol. The smallest absolute Gasteiger partial charge is 0.275 e. The molecule has 1 aromatic rings. The fraction of sp³-hybridized carbons (Fsp3) is 0.579. The average molecular weight is 362 g/mol. The molecule has 5 nitrogen and oxygen atoms in total. The normalized spacial score (nSPS) is 18.3. The number of nitrogens with zero attached hydrogens (tertiary/aromatic N) is 1. The Morgan fingerprint density at radius 3 is 2.44 bits per heavy atom. The highest BCUT2D eigenvalue weighted by Gasteiger charge is 2.27. The van der Waals surface area contributed by atoms with Crippen molar-refractivity contribution < 1.29 is 9.69 Å². The van der Waals surface area contributed by atoms with Crippen LogP contribution in [0.15, 0.2) is 24.3 Å². The Morgan fingerprint density at radius 2 is 1.88 bits per heavy atom. The molecule has 0 atom stereocenters. The van der Waals surface area contributed by atoms with Gasteiger partial charge in [-0.05, 0) is 48.7 Å². The highest BCUT2D eigenvalue weighted by Crippen LogP contribution is 2.18. The standard InChI is InChI=1S/C19H28N4OS/c1-14(2)15-3-5-17(6-4-15)21-19(25)23-11-9-22(10-12-23)13-18(24)20-16-7-8-16/h3-6,14,16H,7-13H2,1-2H3,(H,20,24)(H,21,25)/p+1. The first-order valence-corrected chi connectivity index (χ1v) is 9.71. The number of nitrogens with one attached hydrogen (secondary N) is 3. The molecule has 1 aromatic carbocycles. The van der Waals surface area contributed by atoms with Crippen LogP contribution >= 0.6 is 12.2 Å². The van der Waals surface area contributed by atoms with E-state index in [9.17, 15) is 4.79 Å². The van der Waals surface area contributed by atoms with Gasteiger partial charge in [-0.3, -0.25) is 4.79 Å². The third-order valence-corrected chi connectivity index (χ3v) is 5.30. The van der Waals surface area contributed by atoms with E-state index in [1.165, 1.54) is 10.5 Å². The van der Waals surface area contributed by atoms with Gasteiger partial charge in [-0.15, -0.1) is 0 Å². The van der Waals surface area contributed by atoms with E-state index >= 15 is 0 Å². The first-order chi connectivity index (χ1) is 12.0. The first-order valence-electron chi connectivity index (χ1n) is 9.30. The number of hydrogen-bond acceptors (Lipinski definition) is 2. The molecule has 1 aliphatic carbocycles. The molecule has 1 saturated carbocycles. The Labute approximate surface area is 155 Å². The summed E-state index contributed by atoms with van der Waals surface area (Å²) in [4.78, 5) is 15.5. The number of hydrogen-bond donors (Lipinski definition) is 3. The van der Waals surface area contributed by atoms with Crippen molar-refractivity contribution in [2.45, 2.75) is 38.6 Å². The highest BCUT2D eigenvalue weighted by atomic mass is 32.1. The van der Waals surface area contributed by atoms with Crippen LogP contribution in [0.3, 0.4) is 0 Å². The van der Waals surface area contributed by atoms with Crippen molar-refractivity contribution >= 4 is 28.9 Å². The van der Waals surface area contributed by atoms with Crippen LogP contribution in [0, 0.1) is 0 Å². The van der Waals surface area contributed by atoms with Crippen molar-refractivity contribution in [2.75, 3.05) is 38.0 Å². The number of piperazine rings is 1. The van der Waals surface area contributed by atoms with Gasteiger partial charge in [0.05, 0.1) is 26.2 Å². The minimum atomic E-state index is 0.192. The monoisotopic (exact) mass is 361 g/mol. The number of carbonyl (C=O) groups is 1. The van der Waals surface area contributed by atoms with E-state index < -0.39 is 0 Å². The van der Waals surface area contributed by atoms with Gasteiger partial charge in [-0.25, -0.2) is 0 Å². The van der Waals surface area contributed by atoms with Gasteiger partial charge in [0.15, 0.2) is 11.7 Å². The van der Waals surface area contributed by atoms with Crippen LogP contribution in [0.25, 0.3) is 0 Å². The molecule has 2 aliphatic rings. The van der Waals surface area contributed by atoms with Gasteiger partial charge >= 0.3 is 0 Å². The molecule has 2 fully saturated rings. The molecule has 0 aromatic heterocycles. The van der Waals surface area contributed by atoms with E-state index in [-0.39, 0.29) is 5.91 Å². The molecule has 0 radical (unpaired) electrons. The molecule has 1 amide bonds. The number of anilines is 1. The second kappa shape index (κ2) is 8.15. The average Bonchev–Trinajstić information content (AvgIpc) is 3.39. The van der Waals surface area contributed by atoms with Crippen molar-refractivity contribution in [1.82, 2.24) is 10.2 Å². The van der Waals surface area contributed by atoms with E-state index in [1.807, 2.05) is 0 Å². The first kappa shape index (κ1) is 18.1. The number of carbonyl (C=O) groups excluding carboxylic acids is 1. The van der Waals surface area contributed by atoms with Crippen molar-refractivity contribution in [3.63, 3.8) is 0 Å². The molecule has 1 saturated heterocycles. The fourth-order valence-electron chi connectivity index (χ4n) is 3.09. The predicted octanol–water partition coefficient (Wildman–Crippen LogP) is 0.986. The summed E-state index contributed by atoms with van der Waals surface area (Å²) in [7, 11) is 0. The lowest BCUT2D eigenvalue weighted by molar-refractivity contribution is -0.895. The van der Waals surface area contributed by atoms with Crippen LogP contribution in [0.2, 0.25) is 0 Å². The minimum absolute atomic E-state index is 0.192. The summed E-state index contributed by atoms with van der Waals surface area (Å²) in [6, 6.07) is 8.93. The van der Waals surface area contributed by atoms with Crippen molar-refractivity contribution in [1.29, 1.82) is 0 Å². The maximum Gasteiger partial charge on any atom is 0.275 e. The Balaban J connectivity index is 1.42. The SMILES string of the molecule is CC(C)c1ccc(NC(=S)N2CC[NH+](CC(=O)NC3CC3)CC2)cc1. The number of quaternary nitrogens is 1. The molecule has 3 rings (SSSR count). The van der Waals surface area contributed by atoms with Gasteiger partial charge in [0, 0.05) is 11.7 Å². The molecule has 136 valence electrons. The molecular formula is C19H29N4OS+. The Bertz CT molecular complexity index is 604. The second-order valence-corrected chi connectivity index (χ2v) is 7.85. The summed E-state index contributed by atoms with van der Waals surface area (Å²) in [5, 5.41) is 7.18. The maximum atomic E-state index is 11.9. The third-order valence-electron chi connectivity index (χ3n) is 4.94. The molecule has 25 heavy (non-hydrogen) atoms. The van der Waals surface area contributed by atoms with Crippen LogP contribution in [-0.4, -0.2) is 54.7 Å². The van der Waals surface area contributed by atoms with Gasteiger partial charge < -0.3 is 20.4 Å². The van der Waals surface area contributed by atoms with Crippen molar-refractivity contribution in [3.8, 4) is 0 Å². The zero-order valence-corrected chi connectivity index (χ0v) is 16.0. The van der Waals surface area contributed by atoms with Crippen LogP contribution in [0.1, 0.15) is 38.2 Å². The summed E-state index contributed by atoms with van der Waals surface area (Å²) in [6.07, 6.45) is 2.29. The Morgan fingerprint density at radius 1 is 1.24 bits per heavy atom. The van der Waals surface area contributed by atoms with Crippen LogP contribution in [0.5, 0.6) is 0 Å². The second-order valence-electron chi connectivity index (χ2n) is 7.46. The van der Waals surface area contributed by atoms with Crippen molar-refractivity contribution in [2.24, 2.45) is 0 Å². The molecule has 0 spiro atoms. The van der Waals surface area contributed by atoms with E-state index in [2.05, 4.69) is 53.6 Å². The van der Waals surface area contributed by atoms with Gasteiger partial charge in [-0.1, -0.05) is 26.0 Å². The maximum absolute atomic E-state index is 11.9. The van der Waals surface area contributed by atoms with E-state index in [0.29, 0.717) is 18.5 Å². The largest absolute Gasteiger partial charge is 0.348 e. The third kappa shape index (κ3) is 5.41. The van der Waals surface area contributed by atoms with Crippen LogP contribution < -0.4 is 15.5 Å². The quantitative estimate of drug-likeness (QED) is 0.685. The number of thiocarbonyl (C=S) groups is 1. The molecule has 3 N–H and O–H groups in total. The molecule has 0 bridgehead atoms. The lowest BCUT2D eigenvalue weighted by atomic mass is 10.0. The summed E-state index contributed by atoms with van der Waals surface area (Å²) >= 11 is 5.56. The highest BCUT2D eigenvalue weighted by molar-refractivity contribution is 7.80. The summed E-state index contributed by atoms with van der Waals surface area (Å²) in [5.74, 6) is 0.728. The van der Waals surface area contributed by atoms with Crippen molar-refractivity contribution in [3.05, 3.63) is 29.8 Å². The Hall–Kier alpha value is -1.66. The Kier molecular flexibility index (Phi) is 5.91. The lowest BCUT2D eigenvalue weighted by Gasteiger charge is -2.33. The number of benzene rings is 1. The van der Waals surface area contributed by atoms with E-state index in [1.54, 1.807) is 0 Å². The summed E-state index contributed by atoms with van der Waals surface area (Å²) in [6.45, 7) is 8.66. The zero-order valence-electron chi connectivity index (χ0n) is 15.2. The van der Waals surface area contributed by atoms with Crippen LogP contribution in [-0.2, 0) is 4.79 Å². The topological polar surface area (TPSA) is 48.8 Å². The van der Waals surface area contributed by atoms with E-state index in [0.717, 1.165) is 49.8 Å². The fourth-order valence-corrected chi connectivity index (χ4v) is 3.39. The number of rotatable bonds is 5. The van der Waals surface area contributed by atoms with Crippen LogP contribution in [0.4, 0.5) is 5.69 Å². The van der Waals surface area contributed by atoms with Gasteiger partial charge in [0.25, 0.3) is 5.91 Å². The molecule has 1 aliphatic heterocycles. The zero-order chi connectivity index (χ0) is 17.8. The number of amides is 1. The van der Waals surface area contributed by atoms with E-state index in [4.69, 9.17) is 12.2 Å². The van der Waals surface area contributed by atoms with Gasteiger partial charge in [-0.2, -0.15) is 0 Å². The van der Waals surface area contributed by atoms with Gasteiger partial charge in [0.1, 0.15) is 0 Å². The lowest BCUT2D eigenvalue weighted by Crippen LogP contribution is -3.15. The molecule has 6 heteroatoms. The van der Waals surface area contributed by atoms with Gasteiger partial charge in [0.2, 0.25) is 0 Å². The molecular weight excluding hydrogens is 332 g/mol. The molecule has 1 heterocycles. The molecule has 0 unspecified atom stereocenters. The minimum Gasteiger partial charge on any atom is -0.348 e.